The number of nitrogens with two attached hydrogens (primary N) is 1. The predicted molar refractivity (Wildman–Crippen MR) is 66.6 cm³/mol. The van der Waals surface area contributed by atoms with Gasteiger partial charge >= 0.3 is 0 Å². The van der Waals surface area contributed by atoms with Crippen LogP contribution in [0.25, 0.3) is 5.65 Å². The van der Waals surface area contributed by atoms with Gasteiger partial charge in [0.25, 0.3) is 0 Å². The number of pyridine rings is 1. The number of hydrogen-bond donors (Lipinski definition) is 1. The summed E-state index contributed by atoms with van der Waals surface area (Å²) in [6, 6.07) is 6.08. The lowest BCUT2D eigenvalue weighted by Gasteiger charge is -2.19. The van der Waals surface area contributed by atoms with Crippen LogP contribution in [0.3, 0.4) is 0 Å². The van der Waals surface area contributed by atoms with Crippen LogP contribution in [0.2, 0.25) is 0 Å². The number of nitrogens with zero attached hydrogens (tertiary/aromatic N) is 2. The first-order valence-corrected chi connectivity index (χ1v) is 5.78. The third-order valence-corrected chi connectivity index (χ3v) is 3.16. The van der Waals surface area contributed by atoms with Gasteiger partial charge in [-0.05, 0) is 25.0 Å². The van der Waals surface area contributed by atoms with E-state index in [2.05, 4.69) is 36.4 Å². The molecule has 2 N–H and O–H groups in total. The smallest absolute Gasteiger partial charge is 0.137 e. The maximum Gasteiger partial charge on any atom is 0.137 e. The van der Waals surface area contributed by atoms with Crippen molar-refractivity contribution in [1.29, 1.82) is 0 Å². The maximum atomic E-state index is 5.88. The van der Waals surface area contributed by atoms with E-state index in [9.17, 15) is 0 Å². The molecule has 3 nitrogen and oxygen atoms in total. The van der Waals surface area contributed by atoms with Crippen molar-refractivity contribution in [3.63, 3.8) is 0 Å². The lowest BCUT2D eigenvalue weighted by Crippen LogP contribution is -2.20. The molecule has 0 saturated heterocycles. The minimum Gasteiger partial charge on any atom is -0.330 e. The summed E-state index contributed by atoms with van der Waals surface area (Å²) in [5.41, 5.74) is 9.24. The van der Waals surface area contributed by atoms with Crippen molar-refractivity contribution in [1.82, 2.24) is 9.38 Å². The Morgan fingerprint density at radius 2 is 2.12 bits per heavy atom. The van der Waals surface area contributed by atoms with Gasteiger partial charge < -0.3 is 10.1 Å². The standard InChI is InChI=1S/C13H19N3/c1-9(2)11(8-14)13-10(3)15-12-6-4-5-7-16(12)13/h4-7,9,11H,8,14H2,1-3H3. The minimum absolute atomic E-state index is 0.373. The molecular weight excluding hydrogens is 198 g/mol. The van der Waals surface area contributed by atoms with Crippen LogP contribution >= 0.6 is 0 Å². The molecule has 0 aliphatic carbocycles. The summed E-state index contributed by atoms with van der Waals surface area (Å²) in [4.78, 5) is 4.57. The van der Waals surface area contributed by atoms with E-state index in [-0.39, 0.29) is 0 Å². The van der Waals surface area contributed by atoms with Crippen LogP contribution in [-0.2, 0) is 0 Å². The quantitative estimate of drug-likeness (QED) is 0.857. The highest BCUT2D eigenvalue weighted by molar-refractivity contribution is 5.44. The van der Waals surface area contributed by atoms with E-state index in [1.165, 1.54) is 5.69 Å². The Hall–Kier alpha value is -1.35. The van der Waals surface area contributed by atoms with Crippen molar-refractivity contribution in [3.05, 3.63) is 35.8 Å². The summed E-state index contributed by atoms with van der Waals surface area (Å²) in [5.74, 6) is 0.904. The van der Waals surface area contributed by atoms with Gasteiger partial charge in [0, 0.05) is 24.4 Å². The van der Waals surface area contributed by atoms with Gasteiger partial charge in [0.1, 0.15) is 5.65 Å². The molecule has 1 atom stereocenters. The molecule has 2 heterocycles. The molecule has 3 heteroatoms. The molecule has 86 valence electrons. The van der Waals surface area contributed by atoms with Crippen LogP contribution in [0.5, 0.6) is 0 Å². The first-order valence-electron chi connectivity index (χ1n) is 5.78. The molecule has 0 bridgehead atoms. The monoisotopic (exact) mass is 217 g/mol. The number of aryl methyl sites for hydroxylation is 1. The van der Waals surface area contributed by atoms with Crippen LogP contribution in [-0.4, -0.2) is 15.9 Å². The highest BCUT2D eigenvalue weighted by Gasteiger charge is 2.20. The second-order valence-corrected chi connectivity index (χ2v) is 4.60. The molecule has 2 rings (SSSR count). The number of fused-ring (bicyclic) bond motifs is 1. The average molecular weight is 217 g/mol. The van der Waals surface area contributed by atoms with Gasteiger partial charge in [0.2, 0.25) is 0 Å². The fraction of sp³-hybridized carbons (Fsp3) is 0.462. The van der Waals surface area contributed by atoms with Gasteiger partial charge in [0.05, 0.1) is 5.69 Å². The summed E-state index contributed by atoms with van der Waals surface area (Å²) in [6.07, 6.45) is 2.07. The van der Waals surface area contributed by atoms with E-state index >= 15 is 0 Å². The first kappa shape index (κ1) is 11.1. The zero-order valence-corrected chi connectivity index (χ0v) is 10.1. The minimum atomic E-state index is 0.373. The second-order valence-electron chi connectivity index (χ2n) is 4.60. The van der Waals surface area contributed by atoms with Crippen molar-refractivity contribution in [3.8, 4) is 0 Å². The number of rotatable bonds is 3. The van der Waals surface area contributed by atoms with E-state index in [0.717, 1.165) is 11.3 Å². The van der Waals surface area contributed by atoms with E-state index < -0.39 is 0 Å². The van der Waals surface area contributed by atoms with Crippen LogP contribution in [0.4, 0.5) is 0 Å². The predicted octanol–water partition coefficient (Wildman–Crippen LogP) is 2.34. The zero-order chi connectivity index (χ0) is 11.7. The number of aromatic nitrogens is 2. The first-order chi connectivity index (χ1) is 7.65. The zero-order valence-electron chi connectivity index (χ0n) is 10.1. The summed E-state index contributed by atoms with van der Waals surface area (Å²) < 4.78 is 2.16. The fourth-order valence-electron chi connectivity index (χ4n) is 2.28. The van der Waals surface area contributed by atoms with Crippen LogP contribution in [0.15, 0.2) is 24.4 Å². The molecule has 0 aromatic carbocycles. The third-order valence-electron chi connectivity index (χ3n) is 3.16. The summed E-state index contributed by atoms with van der Waals surface area (Å²) >= 11 is 0. The van der Waals surface area contributed by atoms with Gasteiger partial charge in [0.15, 0.2) is 0 Å². The Bertz CT molecular complexity index is 485. The second kappa shape index (κ2) is 4.26. The normalized spacial score (nSPS) is 13.6. The number of imidazole rings is 1. The Balaban J connectivity index is 2.62. The Morgan fingerprint density at radius 1 is 1.38 bits per heavy atom. The molecule has 16 heavy (non-hydrogen) atoms. The topological polar surface area (TPSA) is 43.3 Å². The lowest BCUT2D eigenvalue weighted by atomic mass is 9.91. The molecule has 0 amide bonds. The van der Waals surface area contributed by atoms with Crippen molar-refractivity contribution in [2.45, 2.75) is 26.7 Å². The molecule has 0 aliphatic heterocycles. The van der Waals surface area contributed by atoms with Crippen LogP contribution < -0.4 is 5.73 Å². The Morgan fingerprint density at radius 3 is 2.75 bits per heavy atom. The van der Waals surface area contributed by atoms with Gasteiger partial charge in [-0.15, -0.1) is 0 Å². The molecule has 0 spiro atoms. The molecular formula is C13H19N3. The highest BCUT2D eigenvalue weighted by Crippen LogP contribution is 2.26. The van der Waals surface area contributed by atoms with E-state index in [0.29, 0.717) is 18.4 Å². The third kappa shape index (κ3) is 1.71. The van der Waals surface area contributed by atoms with E-state index in [4.69, 9.17) is 5.73 Å². The maximum absolute atomic E-state index is 5.88. The van der Waals surface area contributed by atoms with Crippen LogP contribution in [0, 0.1) is 12.8 Å². The summed E-state index contributed by atoms with van der Waals surface area (Å²) in [6.45, 7) is 7.15. The van der Waals surface area contributed by atoms with Gasteiger partial charge in [-0.1, -0.05) is 19.9 Å². The SMILES string of the molecule is Cc1nc2ccccn2c1C(CN)C(C)C. The number of hydrogen-bond acceptors (Lipinski definition) is 2. The van der Waals surface area contributed by atoms with Gasteiger partial charge in [-0.3, -0.25) is 0 Å². The molecule has 0 radical (unpaired) electrons. The highest BCUT2D eigenvalue weighted by atomic mass is 15.0. The van der Waals surface area contributed by atoms with Gasteiger partial charge in [-0.25, -0.2) is 4.98 Å². The molecule has 2 aromatic heterocycles. The van der Waals surface area contributed by atoms with E-state index in [1.54, 1.807) is 0 Å². The molecule has 0 saturated carbocycles. The lowest BCUT2D eigenvalue weighted by molar-refractivity contribution is 0.491. The van der Waals surface area contributed by atoms with Crippen molar-refractivity contribution < 1.29 is 0 Å². The van der Waals surface area contributed by atoms with Crippen LogP contribution in [0.1, 0.15) is 31.2 Å². The molecule has 2 aromatic rings. The summed E-state index contributed by atoms with van der Waals surface area (Å²) in [7, 11) is 0. The van der Waals surface area contributed by atoms with Crippen molar-refractivity contribution >= 4 is 5.65 Å². The summed E-state index contributed by atoms with van der Waals surface area (Å²) in [5, 5.41) is 0. The average Bonchev–Trinajstić information content (AvgIpc) is 2.57. The molecule has 0 aliphatic rings. The van der Waals surface area contributed by atoms with E-state index in [1.807, 2.05) is 18.2 Å². The van der Waals surface area contributed by atoms with Crippen molar-refractivity contribution in [2.75, 3.05) is 6.54 Å². The Labute approximate surface area is 96.3 Å². The largest absolute Gasteiger partial charge is 0.330 e. The Kier molecular flexibility index (Phi) is 2.97. The fourth-order valence-corrected chi connectivity index (χ4v) is 2.28. The van der Waals surface area contributed by atoms with Gasteiger partial charge in [-0.2, -0.15) is 0 Å². The molecule has 0 fully saturated rings. The van der Waals surface area contributed by atoms with Crippen molar-refractivity contribution in [2.24, 2.45) is 11.7 Å². The molecule has 1 unspecified atom stereocenters.